The zero-order valence-electron chi connectivity index (χ0n) is 11.6. The molecule has 0 spiro atoms. The third-order valence-electron chi connectivity index (χ3n) is 3.58. The molecule has 3 nitrogen and oxygen atoms in total. The van der Waals surface area contributed by atoms with Gasteiger partial charge in [0.05, 0.1) is 16.6 Å². The number of aromatic nitrogens is 2. The van der Waals surface area contributed by atoms with E-state index in [2.05, 4.69) is 64.3 Å². The molecular formula is C16H17N3S. The lowest BCUT2D eigenvalue weighted by Gasteiger charge is -2.16. The van der Waals surface area contributed by atoms with Crippen molar-refractivity contribution in [1.29, 1.82) is 0 Å². The minimum atomic E-state index is 0.162. The molecule has 0 amide bonds. The van der Waals surface area contributed by atoms with E-state index in [1.165, 1.54) is 32.7 Å². The molecule has 102 valence electrons. The summed E-state index contributed by atoms with van der Waals surface area (Å²) in [6, 6.07) is 15.2. The summed E-state index contributed by atoms with van der Waals surface area (Å²) in [5.74, 6) is 0. The molecule has 1 heterocycles. The van der Waals surface area contributed by atoms with E-state index in [0.717, 1.165) is 12.1 Å². The van der Waals surface area contributed by atoms with Gasteiger partial charge in [-0.15, -0.1) is 5.10 Å². The molecule has 0 saturated carbocycles. The second-order valence-electron chi connectivity index (χ2n) is 4.77. The quantitative estimate of drug-likeness (QED) is 0.795. The van der Waals surface area contributed by atoms with E-state index in [-0.39, 0.29) is 6.04 Å². The summed E-state index contributed by atoms with van der Waals surface area (Å²) in [6.07, 6.45) is 0.914. The molecule has 0 bridgehead atoms. The van der Waals surface area contributed by atoms with Crippen LogP contribution in [-0.4, -0.2) is 16.6 Å². The Labute approximate surface area is 122 Å². The van der Waals surface area contributed by atoms with Crippen LogP contribution in [0.4, 0.5) is 0 Å². The van der Waals surface area contributed by atoms with Crippen LogP contribution in [0.25, 0.3) is 10.8 Å². The Balaban J connectivity index is 2.07. The summed E-state index contributed by atoms with van der Waals surface area (Å²) >= 11 is 1.48. The summed E-state index contributed by atoms with van der Waals surface area (Å²) in [6.45, 7) is 2.12. The summed E-state index contributed by atoms with van der Waals surface area (Å²) in [4.78, 5) is 1.21. The van der Waals surface area contributed by atoms with Gasteiger partial charge in [-0.3, -0.25) is 0 Å². The summed E-state index contributed by atoms with van der Waals surface area (Å²) in [5.41, 5.74) is 2.34. The second-order valence-corrected chi connectivity index (χ2v) is 5.55. The van der Waals surface area contributed by atoms with E-state index < -0.39 is 0 Å². The molecule has 0 aliphatic heterocycles. The molecule has 0 fully saturated rings. The molecule has 1 unspecified atom stereocenters. The fourth-order valence-electron chi connectivity index (χ4n) is 2.52. The van der Waals surface area contributed by atoms with Crippen LogP contribution in [0.2, 0.25) is 0 Å². The highest BCUT2D eigenvalue weighted by Crippen LogP contribution is 2.29. The number of rotatable bonds is 4. The fraction of sp³-hybridized carbons (Fsp3) is 0.250. The van der Waals surface area contributed by atoms with E-state index in [1.807, 2.05) is 7.05 Å². The first kappa shape index (κ1) is 13.2. The summed E-state index contributed by atoms with van der Waals surface area (Å²) in [5, 5.41) is 10.1. The maximum atomic E-state index is 4.22. The van der Waals surface area contributed by atoms with Crippen LogP contribution in [0.15, 0.2) is 42.5 Å². The lowest BCUT2D eigenvalue weighted by molar-refractivity contribution is 0.694. The monoisotopic (exact) mass is 283 g/mol. The molecule has 0 radical (unpaired) electrons. The van der Waals surface area contributed by atoms with Gasteiger partial charge in [-0.05, 0) is 47.4 Å². The van der Waals surface area contributed by atoms with E-state index in [4.69, 9.17) is 0 Å². The first-order valence-corrected chi connectivity index (χ1v) is 7.58. The van der Waals surface area contributed by atoms with Gasteiger partial charge < -0.3 is 5.32 Å². The van der Waals surface area contributed by atoms with Gasteiger partial charge in [-0.1, -0.05) is 47.8 Å². The molecule has 1 atom stereocenters. The topological polar surface area (TPSA) is 37.8 Å². The largest absolute Gasteiger partial charge is 0.309 e. The predicted molar refractivity (Wildman–Crippen MR) is 84.1 cm³/mol. The minimum absolute atomic E-state index is 0.162. The van der Waals surface area contributed by atoms with E-state index in [1.54, 1.807) is 0 Å². The molecule has 0 aliphatic carbocycles. The van der Waals surface area contributed by atoms with Crippen molar-refractivity contribution in [3.63, 3.8) is 0 Å². The van der Waals surface area contributed by atoms with Crippen LogP contribution in [0, 0.1) is 0 Å². The van der Waals surface area contributed by atoms with Gasteiger partial charge >= 0.3 is 0 Å². The van der Waals surface area contributed by atoms with Gasteiger partial charge in [0.1, 0.15) is 0 Å². The van der Waals surface area contributed by atoms with Crippen LogP contribution >= 0.6 is 11.5 Å². The molecule has 3 rings (SSSR count). The van der Waals surface area contributed by atoms with Gasteiger partial charge in [0.25, 0.3) is 0 Å². The lowest BCUT2D eigenvalue weighted by Crippen LogP contribution is -2.17. The first-order valence-electron chi connectivity index (χ1n) is 6.80. The SMILES string of the molecule is CCc1nnsc1C(NC)c1ccc2ccccc2c1. The van der Waals surface area contributed by atoms with Crippen molar-refractivity contribution in [3.8, 4) is 0 Å². The van der Waals surface area contributed by atoms with E-state index >= 15 is 0 Å². The van der Waals surface area contributed by atoms with Crippen LogP contribution < -0.4 is 5.32 Å². The first-order chi connectivity index (χ1) is 9.83. The van der Waals surface area contributed by atoms with Crippen LogP contribution in [-0.2, 0) is 6.42 Å². The third-order valence-corrected chi connectivity index (χ3v) is 4.41. The molecule has 4 heteroatoms. The second kappa shape index (κ2) is 5.69. The lowest BCUT2D eigenvalue weighted by atomic mass is 10.00. The summed E-state index contributed by atoms with van der Waals surface area (Å²) < 4.78 is 4.10. The average Bonchev–Trinajstić information content (AvgIpc) is 2.96. The molecule has 0 aliphatic rings. The maximum Gasteiger partial charge on any atom is 0.0804 e. The smallest absolute Gasteiger partial charge is 0.0804 e. The third kappa shape index (κ3) is 2.32. The number of aryl methyl sites for hydroxylation is 1. The molecular weight excluding hydrogens is 266 g/mol. The number of nitrogens with one attached hydrogen (secondary N) is 1. The van der Waals surface area contributed by atoms with E-state index in [9.17, 15) is 0 Å². The maximum absolute atomic E-state index is 4.22. The van der Waals surface area contributed by atoms with Crippen LogP contribution in [0.1, 0.15) is 29.1 Å². The Hall–Kier alpha value is -1.78. The Morgan fingerprint density at radius 3 is 2.70 bits per heavy atom. The van der Waals surface area contributed by atoms with Crippen molar-refractivity contribution in [2.45, 2.75) is 19.4 Å². The molecule has 2 aromatic carbocycles. The molecule has 20 heavy (non-hydrogen) atoms. The predicted octanol–water partition coefficient (Wildman–Crippen LogP) is 3.56. The van der Waals surface area contributed by atoms with Crippen molar-refractivity contribution in [1.82, 2.24) is 14.9 Å². The Kier molecular flexibility index (Phi) is 3.76. The van der Waals surface area contributed by atoms with Crippen LogP contribution in [0.3, 0.4) is 0 Å². The van der Waals surface area contributed by atoms with E-state index in [0.29, 0.717) is 0 Å². The zero-order valence-corrected chi connectivity index (χ0v) is 12.4. The molecule has 1 aromatic heterocycles. The standard InChI is InChI=1S/C16H17N3S/c1-3-14-16(20-19-18-14)15(17-2)13-9-8-11-6-4-5-7-12(11)10-13/h4-10,15,17H,3H2,1-2H3. The number of hydrogen-bond donors (Lipinski definition) is 1. The highest BCUT2D eigenvalue weighted by Gasteiger charge is 2.18. The average molecular weight is 283 g/mol. The molecule has 1 N–H and O–H groups in total. The summed E-state index contributed by atoms with van der Waals surface area (Å²) in [7, 11) is 1.99. The number of nitrogens with zero attached hydrogens (tertiary/aromatic N) is 2. The minimum Gasteiger partial charge on any atom is -0.309 e. The van der Waals surface area contributed by atoms with Gasteiger partial charge in [0.15, 0.2) is 0 Å². The van der Waals surface area contributed by atoms with Crippen molar-refractivity contribution in [2.75, 3.05) is 7.05 Å². The zero-order chi connectivity index (χ0) is 13.9. The molecule has 3 aromatic rings. The molecule has 0 saturated heterocycles. The highest BCUT2D eigenvalue weighted by atomic mass is 32.1. The Bertz CT molecular complexity index is 720. The van der Waals surface area contributed by atoms with Gasteiger partial charge in [-0.2, -0.15) is 0 Å². The van der Waals surface area contributed by atoms with Gasteiger partial charge in [-0.25, -0.2) is 0 Å². The fourth-order valence-corrected chi connectivity index (χ4v) is 3.39. The van der Waals surface area contributed by atoms with Crippen molar-refractivity contribution < 1.29 is 0 Å². The normalized spacial score (nSPS) is 12.7. The Morgan fingerprint density at radius 1 is 1.15 bits per heavy atom. The van der Waals surface area contributed by atoms with Crippen molar-refractivity contribution in [3.05, 3.63) is 58.6 Å². The van der Waals surface area contributed by atoms with Gasteiger partial charge in [0, 0.05) is 0 Å². The number of hydrogen-bond acceptors (Lipinski definition) is 4. The highest BCUT2D eigenvalue weighted by molar-refractivity contribution is 7.05. The van der Waals surface area contributed by atoms with Crippen molar-refractivity contribution >= 4 is 22.3 Å². The number of fused-ring (bicyclic) bond motifs is 1. The van der Waals surface area contributed by atoms with Crippen LogP contribution in [0.5, 0.6) is 0 Å². The van der Waals surface area contributed by atoms with Crippen molar-refractivity contribution in [2.24, 2.45) is 0 Å². The Morgan fingerprint density at radius 2 is 1.95 bits per heavy atom. The number of benzene rings is 2. The van der Waals surface area contributed by atoms with Gasteiger partial charge in [0.2, 0.25) is 0 Å².